The molecule has 30 heavy (non-hydrogen) atoms. The average Bonchev–Trinajstić information content (AvgIpc) is 3.23. The number of rotatable bonds is 8. The highest BCUT2D eigenvalue weighted by atomic mass is 32.2. The molecule has 152 valence electrons. The molecule has 0 bridgehead atoms. The topological polar surface area (TPSA) is 64.1 Å². The van der Waals surface area contributed by atoms with Crippen LogP contribution in [0.1, 0.15) is 29.3 Å². The molecule has 1 heterocycles. The van der Waals surface area contributed by atoms with Crippen LogP contribution >= 0.6 is 23.1 Å². The number of ether oxygens (including phenoxy) is 1. The SMILES string of the molecule is CCCOc1ccc(C(=O)Nc2nnc(SCc3cccc4ccccc34)s2)cc1. The lowest BCUT2D eigenvalue weighted by atomic mass is 10.1. The van der Waals surface area contributed by atoms with Gasteiger partial charge in [0.05, 0.1) is 6.61 Å². The summed E-state index contributed by atoms with van der Waals surface area (Å²) in [5.41, 5.74) is 1.81. The minimum Gasteiger partial charge on any atom is -0.494 e. The van der Waals surface area contributed by atoms with E-state index in [1.807, 2.05) is 6.07 Å². The van der Waals surface area contributed by atoms with Crippen molar-refractivity contribution in [1.82, 2.24) is 10.2 Å². The van der Waals surface area contributed by atoms with E-state index in [1.54, 1.807) is 36.0 Å². The van der Waals surface area contributed by atoms with Crippen LogP contribution in [-0.4, -0.2) is 22.7 Å². The molecule has 4 rings (SSSR count). The molecule has 0 radical (unpaired) electrons. The molecular weight excluding hydrogens is 414 g/mol. The molecule has 0 unspecified atom stereocenters. The van der Waals surface area contributed by atoms with Gasteiger partial charge >= 0.3 is 0 Å². The van der Waals surface area contributed by atoms with Crippen molar-refractivity contribution in [3.8, 4) is 5.75 Å². The number of carbonyl (C=O) groups excluding carboxylic acids is 1. The molecular formula is C23H21N3O2S2. The first-order valence-corrected chi connectivity index (χ1v) is 11.5. The molecule has 0 saturated carbocycles. The number of hydrogen-bond donors (Lipinski definition) is 1. The molecule has 0 aliphatic heterocycles. The number of aromatic nitrogens is 2. The summed E-state index contributed by atoms with van der Waals surface area (Å²) in [7, 11) is 0. The van der Waals surface area contributed by atoms with Crippen molar-refractivity contribution in [3.63, 3.8) is 0 Å². The van der Waals surface area contributed by atoms with E-state index in [1.165, 1.54) is 27.7 Å². The highest BCUT2D eigenvalue weighted by Crippen LogP contribution is 2.31. The summed E-state index contributed by atoms with van der Waals surface area (Å²) in [6, 6.07) is 21.8. The Morgan fingerprint density at radius 1 is 1.03 bits per heavy atom. The van der Waals surface area contributed by atoms with Gasteiger partial charge in [-0.3, -0.25) is 10.1 Å². The number of nitrogens with one attached hydrogen (secondary N) is 1. The Morgan fingerprint density at radius 3 is 2.67 bits per heavy atom. The third kappa shape index (κ3) is 4.98. The van der Waals surface area contributed by atoms with Crippen LogP contribution in [0.3, 0.4) is 0 Å². The van der Waals surface area contributed by atoms with E-state index in [0.29, 0.717) is 17.3 Å². The molecule has 3 aromatic carbocycles. The minimum atomic E-state index is -0.209. The second-order valence-corrected chi connectivity index (χ2v) is 8.83. The maximum Gasteiger partial charge on any atom is 0.257 e. The largest absolute Gasteiger partial charge is 0.494 e. The van der Waals surface area contributed by atoms with Crippen molar-refractivity contribution in [2.24, 2.45) is 0 Å². The maximum absolute atomic E-state index is 12.5. The molecule has 7 heteroatoms. The minimum absolute atomic E-state index is 0.209. The van der Waals surface area contributed by atoms with Gasteiger partial charge in [0.25, 0.3) is 5.91 Å². The predicted octanol–water partition coefficient (Wildman–Crippen LogP) is 6.02. The molecule has 1 amide bonds. The van der Waals surface area contributed by atoms with Crippen LogP contribution in [-0.2, 0) is 5.75 Å². The van der Waals surface area contributed by atoms with Gasteiger partial charge in [0.1, 0.15) is 5.75 Å². The van der Waals surface area contributed by atoms with Gasteiger partial charge in [-0.2, -0.15) is 0 Å². The standard InChI is InChI=1S/C23H21N3O2S2/c1-2-14-28-19-12-10-17(11-13-19)21(27)24-22-25-26-23(30-22)29-15-18-8-5-7-16-6-3-4-9-20(16)18/h3-13H,2,14-15H2,1H3,(H,24,25,27). The summed E-state index contributed by atoms with van der Waals surface area (Å²) in [6.07, 6.45) is 0.945. The van der Waals surface area contributed by atoms with E-state index in [2.05, 4.69) is 58.8 Å². The molecule has 4 aromatic rings. The second-order valence-electron chi connectivity index (χ2n) is 6.63. The summed E-state index contributed by atoms with van der Waals surface area (Å²) >= 11 is 3.00. The fourth-order valence-electron chi connectivity index (χ4n) is 2.97. The van der Waals surface area contributed by atoms with Gasteiger partial charge in [-0.25, -0.2) is 0 Å². The zero-order valence-electron chi connectivity index (χ0n) is 16.5. The number of fused-ring (bicyclic) bond motifs is 1. The Balaban J connectivity index is 1.36. The van der Waals surface area contributed by atoms with E-state index in [9.17, 15) is 4.79 Å². The van der Waals surface area contributed by atoms with E-state index < -0.39 is 0 Å². The summed E-state index contributed by atoms with van der Waals surface area (Å²) < 4.78 is 6.37. The van der Waals surface area contributed by atoms with Crippen LogP contribution in [0.25, 0.3) is 10.8 Å². The number of benzene rings is 3. The van der Waals surface area contributed by atoms with Crippen molar-refractivity contribution in [1.29, 1.82) is 0 Å². The highest BCUT2D eigenvalue weighted by molar-refractivity contribution is 8.00. The lowest BCUT2D eigenvalue weighted by Crippen LogP contribution is -2.11. The summed E-state index contributed by atoms with van der Waals surface area (Å²) in [5, 5.41) is 14.1. The summed E-state index contributed by atoms with van der Waals surface area (Å²) in [6.45, 7) is 2.72. The maximum atomic E-state index is 12.5. The highest BCUT2D eigenvalue weighted by Gasteiger charge is 2.11. The molecule has 0 aliphatic rings. The Labute approximate surface area is 183 Å². The van der Waals surface area contributed by atoms with Crippen LogP contribution in [0.15, 0.2) is 71.1 Å². The molecule has 0 aliphatic carbocycles. The summed E-state index contributed by atoms with van der Waals surface area (Å²) in [4.78, 5) is 12.5. The fourth-order valence-corrected chi connectivity index (χ4v) is 4.72. The first-order chi connectivity index (χ1) is 14.7. The number of nitrogens with zero attached hydrogens (tertiary/aromatic N) is 2. The first kappa shape index (κ1) is 20.4. The lowest BCUT2D eigenvalue weighted by Gasteiger charge is -2.05. The summed E-state index contributed by atoms with van der Waals surface area (Å²) in [5.74, 6) is 1.35. The molecule has 5 nitrogen and oxygen atoms in total. The van der Waals surface area contributed by atoms with E-state index in [-0.39, 0.29) is 5.91 Å². The Bertz CT molecular complexity index is 1140. The van der Waals surface area contributed by atoms with Gasteiger partial charge in [0.15, 0.2) is 4.34 Å². The average molecular weight is 436 g/mol. The van der Waals surface area contributed by atoms with E-state index in [4.69, 9.17) is 4.74 Å². The molecule has 1 aromatic heterocycles. The fraction of sp³-hybridized carbons (Fsp3) is 0.174. The van der Waals surface area contributed by atoms with Gasteiger partial charge < -0.3 is 4.74 Å². The first-order valence-electron chi connectivity index (χ1n) is 9.70. The predicted molar refractivity (Wildman–Crippen MR) is 124 cm³/mol. The molecule has 1 N–H and O–H groups in total. The lowest BCUT2D eigenvalue weighted by molar-refractivity contribution is 0.102. The van der Waals surface area contributed by atoms with Crippen LogP contribution in [0.4, 0.5) is 5.13 Å². The smallest absolute Gasteiger partial charge is 0.257 e. The van der Waals surface area contributed by atoms with Crippen molar-refractivity contribution < 1.29 is 9.53 Å². The van der Waals surface area contributed by atoms with Crippen LogP contribution in [0.2, 0.25) is 0 Å². The molecule has 0 saturated heterocycles. The van der Waals surface area contributed by atoms with E-state index >= 15 is 0 Å². The third-order valence-corrected chi connectivity index (χ3v) is 6.47. The van der Waals surface area contributed by atoms with Gasteiger partial charge in [-0.1, -0.05) is 72.5 Å². The van der Waals surface area contributed by atoms with Gasteiger partial charge in [0, 0.05) is 11.3 Å². The van der Waals surface area contributed by atoms with E-state index in [0.717, 1.165) is 22.3 Å². The zero-order chi connectivity index (χ0) is 20.8. The van der Waals surface area contributed by atoms with Crippen LogP contribution in [0, 0.1) is 0 Å². The number of amides is 1. The molecule has 0 atom stereocenters. The van der Waals surface area contributed by atoms with Crippen molar-refractivity contribution >= 4 is 44.9 Å². The molecule has 0 spiro atoms. The van der Waals surface area contributed by atoms with Crippen LogP contribution < -0.4 is 10.1 Å². The van der Waals surface area contributed by atoms with Gasteiger partial charge in [-0.05, 0) is 47.0 Å². The Hall–Kier alpha value is -2.90. The van der Waals surface area contributed by atoms with Gasteiger partial charge in [0.2, 0.25) is 5.13 Å². The van der Waals surface area contributed by atoms with Crippen molar-refractivity contribution in [2.45, 2.75) is 23.4 Å². The monoisotopic (exact) mass is 435 g/mol. The number of hydrogen-bond acceptors (Lipinski definition) is 6. The number of carbonyl (C=O) groups is 1. The zero-order valence-corrected chi connectivity index (χ0v) is 18.1. The number of thioether (sulfide) groups is 1. The van der Waals surface area contributed by atoms with Crippen molar-refractivity contribution in [3.05, 3.63) is 77.9 Å². The Morgan fingerprint density at radius 2 is 1.83 bits per heavy atom. The Kier molecular flexibility index (Phi) is 6.61. The molecule has 0 fully saturated rings. The van der Waals surface area contributed by atoms with Gasteiger partial charge in [-0.15, -0.1) is 10.2 Å². The quantitative estimate of drug-likeness (QED) is 0.271. The third-order valence-electron chi connectivity index (χ3n) is 4.45. The normalized spacial score (nSPS) is 10.8. The van der Waals surface area contributed by atoms with Crippen LogP contribution in [0.5, 0.6) is 5.75 Å². The second kappa shape index (κ2) is 9.73. The van der Waals surface area contributed by atoms with Crippen molar-refractivity contribution in [2.75, 3.05) is 11.9 Å². The number of anilines is 1.